The fourth-order valence-electron chi connectivity index (χ4n) is 0.597. The Kier molecular flexibility index (Phi) is 2.33. The molecule has 0 aliphatic heterocycles. The number of hydrogen-bond acceptors (Lipinski definition) is 3. The molecule has 1 aromatic heterocycles. The summed E-state index contributed by atoms with van der Waals surface area (Å²) in [7, 11) is -2.52. The Labute approximate surface area is 69.4 Å². The normalized spacial score (nSPS) is 10.7. The van der Waals surface area contributed by atoms with Gasteiger partial charge in [-0.2, -0.15) is 0 Å². The average Bonchev–Trinajstić information content (AvgIpc) is 2.10. The molecule has 0 unspecified atom stereocenters. The van der Waals surface area contributed by atoms with Crippen LogP contribution in [0.1, 0.15) is 4.88 Å². The van der Waals surface area contributed by atoms with E-state index in [0.29, 0.717) is 4.34 Å². The van der Waals surface area contributed by atoms with E-state index in [1.165, 1.54) is 11.3 Å². The van der Waals surface area contributed by atoms with E-state index in [-0.39, 0.29) is 4.90 Å². The van der Waals surface area contributed by atoms with Crippen LogP contribution in [-0.2, 0) is 10.7 Å². The van der Waals surface area contributed by atoms with Gasteiger partial charge in [0.05, 0.1) is 4.90 Å². The maximum atomic E-state index is 10.4. The summed E-state index contributed by atoms with van der Waals surface area (Å²) in [6, 6.07) is 1.57. The molecule has 0 amide bonds. The summed E-state index contributed by atoms with van der Waals surface area (Å²) in [6.07, 6.45) is 0. The summed E-state index contributed by atoms with van der Waals surface area (Å²) in [4.78, 5) is 1.15. The lowest BCUT2D eigenvalue weighted by molar-refractivity contribution is 0.615. The number of thiol groups is 1. The molecule has 0 fully saturated rings. The van der Waals surface area contributed by atoms with Crippen molar-refractivity contribution >= 4 is 33.6 Å². The molecule has 0 saturated heterocycles. The molecule has 0 bridgehead atoms. The van der Waals surface area contributed by atoms with Crippen LogP contribution in [0.15, 0.2) is 11.0 Å². The fourth-order valence-corrected chi connectivity index (χ4v) is 2.74. The maximum Gasteiger partial charge on any atom is 0.170 e. The van der Waals surface area contributed by atoms with Crippen LogP contribution in [0.4, 0.5) is 0 Å². The Hall–Kier alpha value is -0.0600. The molecule has 1 heterocycles. The first-order chi connectivity index (χ1) is 4.61. The topological polar surface area (TPSA) is 34.1 Å². The van der Waals surface area contributed by atoms with Crippen LogP contribution in [0.25, 0.3) is 0 Å². The number of hydrogen-bond donors (Lipinski definition) is 1. The van der Waals surface area contributed by atoms with E-state index >= 15 is 0 Å². The summed E-state index contributed by atoms with van der Waals surface area (Å²) >= 11 is 6.85. The van der Waals surface area contributed by atoms with E-state index in [9.17, 15) is 8.42 Å². The van der Waals surface area contributed by atoms with Crippen LogP contribution < -0.4 is 0 Å². The minimum absolute atomic E-state index is 0.235. The van der Waals surface area contributed by atoms with E-state index in [2.05, 4.69) is 0 Å². The molecule has 1 rings (SSSR count). The molecule has 1 aromatic rings. The van der Waals surface area contributed by atoms with Gasteiger partial charge in [0.15, 0.2) is 10.7 Å². The number of thiophene rings is 1. The predicted octanol–water partition coefficient (Wildman–Crippen LogP) is 1.68. The summed E-state index contributed by atoms with van der Waals surface area (Å²) < 4.78 is 21.1. The second kappa shape index (κ2) is 2.90. The summed E-state index contributed by atoms with van der Waals surface area (Å²) in [6.45, 7) is 1.82. The molecule has 0 aliphatic rings. The Balaban J connectivity index is 3.28. The molecule has 0 saturated carbocycles. The molecule has 0 radical (unpaired) electrons. The first-order valence-corrected chi connectivity index (χ1v) is 4.89. The molecule has 56 valence electrons. The van der Waals surface area contributed by atoms with Gasteiger partial charge in [0.2, 0.25) is 0 Å². The van der Waals surface area contributed by atoms with Crippen LogP contribution in [0.5, 0.6) is 0 Å². The maximum absolute atomic E-state index is 10.4. The summed E-state index contributed by atoms with van der Waals surface area (Å²) in [5.41, 5.74) is 0. The largest absolute Gasteiger partial charge is 0.227 e. The standard InChI is InChI=1S/C5H5ClO2S2/c1-3-2-4(10(7)8)5(6)9-3/h2,10H,1H3. The highest BCUT2D eigenvalue weighted by molar-refractivity contribution is 7.73. The Bertz CT molecular complexity index is 305. The smallest absolute Gasteiger partial charge is 0.170 e. The van der Waals surface area contributed by atoms with E-state index in [4.69, 9.17) is 11.6 Å². The van der Waals surface area contributed by atoms with Crippen molar-refractivity contribution in [2.24, 2.45) is 0 Å². The summed E-state index contributed by atoms with van der Waals surface area (Å²) in [5, 5.41) is 0. The van der Waals surface area contributed by atoms with Crippen molar-refractivity contribution in [1.29, 1.82) is 0 Å². The minimum Gasteiger partial charge on any atom is -0.227 e. The molecule has 2 nitrogen and oxygen atoms in total. The lowest BCUT2D eigenvalue weighted by Gasteiger charge is -1.78. The fraction of sp³-hybridized carbons (Fsp3) is 0.200. The minimum atomic E-state index is -2.52. The molecule has 0 N–H and O–H groups in total. The van der Waals surface area contributed by atoms with Gasteiger partial charge in [-0.05, 0) is 13.0 Å². The molecule has 5 heteroatoms. The lowest BCUT2D eigenvalue weighted by atomic mass is 10.5. The Morgan fingerprint density at radius 2 is 2.20 bits per heavy atom. The molecular weight excluding hydrogens is 192 g/mol. The van der Waals surface area contributed by atoms with Crippen molar-refractivity contribution in [3.05, 3.63) is 15.3 Å². The van der Waals surface area contributed by atoms with Crippen LogP contribution in [0, 0.1) is 6.92 Å². The quantitative estimate of drug-likeness (QED) is 0.694. The third-order valence-electron chi connectivity index (χ3n) is 0.989. The van der Waals surface area contributed by atoms with Gasteiger partial charge in [0, 0.05) is 4.88 Å². The van der Waals surface area contributed by atoms with E-state index in [0.717, 1.165) is 4.88 Å². The second-order valence-corrected chi connectivity index (χ2v) is 4.63. The number of rotatable bonds is 1. The van der Waals surface area contributed by atoms with Gasteiger partial charge in [-0.1, -0.05) is 11.6 Å². The zero-order chi connectivity index (χ0) is 7.72. The molecular formula is C5H5ClO2S2. The molecule has 0 aliphatic carbocycles. The second-order valence-electron chi connectivity index (χ2n) is 1.77. The van der Waals surface area contributed by atoms with E-state index < -0.39 is 10.7 Å². The predicted molar refractivity (Wildman–Crippen MR) is 42.6 cm³/mol. The molecule has 0 spiro atoms. The number of aryl methyl sites for hydroxylation is 1. The first-order valence-electron chi connectivity index (χ1n) is 2.51. The lowest BCUT2D eigenvalue weighted by Crippen LogP contribution is -1.73. The van der Waals surface area contributed by atoms with Gasteiger partial charge in [-0.15, -0.1) is 11.3 Å². The third-order valence-corrected chi connectivity index (χ3v) is 3.29. The van der Waals surface area contributed by atoms with Crippen molar-refractivity contribution in [3.8, 4) is 0 Å². The van der Waals surface area contributed by atoms with Crippen LogP contribution in [0.3, 0.4) is 0 Å². The highest BCUT2D eigenvalue weighted by Gasteiger charge is 2.05. The third kappa shape index (κ3) is 1.51. The van der Waals surface area contributed by atoms with Gasteiger partial charge < -0.3 is 0 Å². The molecule has 10 heavy (non-hydrogen) atoms. The first kappa shape index (κ1) is 8.04. The van der Waals surface area contributed by atoms with Crippen molar-refractivity contribution in [2.75, 3.05) is 0 Å². The van der Waals surface area contributed by atoms with Crippen molar-refractivity contribution in [2.45, 2.75) is 11.8 Å². The van der Waals surface area contributed by atoms with Gasteiger partial charge in [-0.3, -0.25) is 0 Å². The van der Waals surface area contributed by atoms with Gasteiger partial charge in [-0.25, -0.2) is 8.42 Å². The highest BCUT2D eigenvalue weighted by Crippen LogP contribution is 2.27. The van der Waals surface area contributed by atoms with Crippen molar-refractivity contribution < 1.29 is 8.42 Å². The van der Waals surface area contributed by atoms with Gasteiger partial charge >= 0.3 is 0 Å². The molecule has 0 aromatic carbocycles. The van der Waals surface area contributed by atoms with Crippen LogP contribution in [-0.4, -0.2) is 8.42 Å². The summed E-state index contributed by atoms with van der Waals surface area (Å²) in [5.74, 6) is 0. The van der Waals surface area contributed by atoms with E-state index in [1.807, 2.05) is 6.92 Å². The van der Waals surface area contributed by atoms with Crippen molar-refractivity contribution in [3.63, 3.8) is 0 Å². The average molecular weight is 197 g/mol. The Morgan fingerprint density at radius 1 is 1.60 bits per heavy atom. The van der Waals surface area contributed by atoms with E-state index in [1.54, 1.807) is 6.07 Å². The zero-order valence-corrected chi connectivity index (χ0v) is 7.59. The van der Waals surface area contributed by atoms with Gasteiger partial charge in [0.25, 0.3) is 0 Å². The number of halogens is 1. The Morgan fingerprint density at radius 3 is 2.40 bits per heavy atom. The molecule has 0 atom stereocenters. The van der Waals surface area contributed by atoms with Crippen molar-refractivity contribution in [1.82, 2.24) is 0 Å². The van der Waals surface area contributed by atoms with Crippen LogP contribution >= 0.6 is 22.9 Å². The van der Waals surface area contributed by atoms with Crippen LogP contribution in [0.2, 0.25) is 4.34 Å². The van der Waals surface area contributed by atoms with Gasteiger partial charge in [0.1, 0.15) is 4.34 Å². The monoisotopic (exact) mass is 196 g/mol. The highest BCUT2D eigenvalue weighted by atomic mass is 35.5. The SMILES string of the molecule is Cc1cc([SH](=O)=O)c(Cl)s1. The zero-order valence-electron chi connectivity index (χ0n) is 5.13.